The number of carbonyl (C=O) groups excluding carboxylic acids is 1. The molecule has 5 rings (SSSR count). The van der Waals surface area contributed by atoms with Crippen molar-refractivity contribution in [3.63, 3.8) is 0 Å². The molecule has 0 fully saturated rings. The molecule has 0 aliphatic carbocycles. The molecule has 0 bridgehead atoms. The van der Waals surface area contributed by atoms with Gasteiger partial charge in [0.2, 0.25) is 5.91 Å². The predicted octanol–water partition coefficient (Wildman–Crippen LogP) is 5.35. The monoisotopic (exact) mass is 434 g/mol. The summed E-state index contributed by atoms with van der Waals surface area (Å²) in [5.41, 5.74) is 4.02. The van der Waals surface area contributed by atoms with Crippen molar-refractivity contribution in [3.05, 3.63) is 109 Å². The van der Waals surface area contributed by atoms with E-state index in [1.165, 1.54) is 0 Å². The van der Waals surface area contributed by atoms with Gasteiger partial charge < -0.3 is 9.32 Å². The molecule has 0 N–H and O–H groups in total. The first kappa shape index (κ1) is 20.5. The van der Waals surface area contributed by atoms with Gasteiger partial charge in [0.1, 0.15) is 11.3 Å². The Morgan fingerprint density at radius 1 is 1.03 bits per heavy atom. The maximum atomic E-state index is 12.7. The van der Waals surface area contributed by atoms with E-state index in [1.807, 2.05) is 85.1 Å². The topological polar surface area (TPSA) is 64.2 Å². The number of hydrogen-bond acceptors (Lipinski definition) is 4. The Balaban J connectivity index is 1.47. The molecule has 3 heterocycles. The Hall–Kier alpha value is -4.45. The van der Waals surface area contributed by atoms with Gasteiger partial charge in [0.05, 0.1) is 17.9 Å². The summed E-state index contributed by atoms with van der Waals surface area (Å²) in [5.74, 6) is 0.531. The Kier molecular flexibility index (Phi) is 5.55. The number of furan rings is 1. The predicted molar refractivity (Wildman–Crippen MR) is 129 cm³/mol. The minimum absolute atomic E-state index is 0.122. The smallest absolute Gasteiger partial charge is 0.246 e. The molecule has 5 aromatic rings. The van der Waals surface area contributed by atoms with E-state index < -0.39 is 0 Å². The van der Waals surface area contributed by atoms with Crippen LogP contribution < -0.4 is 0 Å². The quantitative estimate of drug-likeness (QED) is 0.338. The molecule has 0 atom stereocenters. The second kappa shape index (κ2) is 8.96. The van der Waals surface area contributed by atoms with Crippen LogP contribution in [0.3, 0.4) is 0 Å². The van der Waals surface area contributed by atoms with Crippen LogP contribution in [0.1, 0.15) is 11.3 Å². The summed E-state index contributed by atoms with van der Waals surface area (Å²) < 4.78 is 7.86. The van der Waals surface area contributed by atoms with Crippen molar-refractivity contribution < 1.29 is 9.21 Å². The highest BCUT2D eigenvalue weighted by molar-refractivity contribution is 5.93. The fourth-order valence-corrected chi connectivity index (χ4v) is 3.61. The van der Waals surface area contributed by atoms with Crippen LogP contribution in [0.4, 0.5) is 0 Å². The van der Waals surface area contributed by atoms with E-state index in [-0.39, 0.29) is 5.91 Å². The average Bonchev–Trinajstić information content (AvgIpc) is 3.48. The standard InChI is InChI=1S/C27H22N4O2/c1-30(19-22-10-7-8-16-28-22)26(32)15-14-21-18-31(23-11-3-2-4-12-23)29-27(21)25-17-20-9-5-6-13-24(20)33-25/h2-18H,19H2,1H3. The fraction of sp³-hybridized carbons (Fsp3) is 0.0741. The molecule has 2 aromatic carbocycles. The van der Waals surface area contributed by atoms with Gasteiger partial charge in [-0.1, -0.05) is 42.5 Å². The molecule has 0 saturated carbocycles. The summed E-state index contributed by atoms with van der Waals surface area (Å²) in [4.78, 5) is 18.7. The molecule has 0 aliphatic heterocycles. The van der Waals surface area contributed by atoms with Gasteiger partial charge >= 0.3 is 0 Å². The Morgan fingerprint density at radius 2 is 1.82 bits per heavy atom. The third-order valence-corrected chi connectivity index (χ3v) is 5.33. The second-order valence-corrected chi connectivity index (χ2v) is 7.71. The SMILES string of the molecule is CN(Cc1ccccn1)C(=O)C=Cc1cn(-c2ccccc2)nc1-c1cc2ccccc2o1. The average molecular weight is 434 g/mol. The lowest BCUT2D eigenvalue weighted by Crippen LogP contribution is -2.24. The molecule has 6 nitrogen and oxygen atoms in total. The summed E-state index contributed by atoms with van der Waals surface area (Å²) in [5, 5.41) is 5.78. The van der Waals surface area contributed by atoms with Gasteiger partial charge in [-0.15, -0.1) is 0 Å². The number of amides is 1. The first-order valence-electron chi connectivity index (χ1n) is 10.6. The molecule has 0 unspecified atom stereocenters. The minimum Gasteiger partial charge on any atom is -0.454 e. The number of pyridine rings is 1. The normalized spacial score (nSPS) is 11.3. The Bertz CT molecular complexity index is 1390. The lowest BCUT2D eigenvalue weighted by molar-refractivity contribution is -0.125. The fourth-order valence-electron chi connectivity index (χ4n) is 3.61. The summed E-state index contributed by atoms with van der Waals surface area (Å²) in [6.07, 6.45) is 6.97. The highest BCUT2D eigenvalue weighted by Gasteiger charge is 2.16. The van der Waals surface area contributed by atoms with Crippen LogP contribution in [-0.4, -0.2) is 32.6 Å². The molecule has 3 aromatic heterocycles. The molecule has 0 spiro atoms. The van der Waals surface area contributed by atoms with Crippen LogP contribution in [0.25, 0.3) is 34.2 Å². The van der Waals surface area contributed by atoms with E-state index >= 15 is 0 Å². The van der Waals surface area contributed by atoms with Gasteiger partial charge in [0.25, 0.3) is 0 Å². The number of hydrogen-bond donors (Lipinski definition) is 0. The molecular weight excluding hydrogens is 412 g/mol. The second-order valence-electron chi connectivity index (χ2n) is 7.71. The van der Waals surface area contributed by atoms with E-state index in [4.69, 9.17) is 9.52 Å². The van der Waals surface area contributed by atoms with Crippen molar-refractivity contribution in [1.29, 1.82) is 0 Å². The first-order chi connectivity index (χ1) is 16.2. The Morgan fingerprint density at radius 3 is 2.61 bits per heavy atom. The minimum atomic E-state index is -0.122. The maximum absolute atomic E-state index is 12.7. The van der Waals surface area contributed by atoms with Gasteiger partial charge in [0, 0.05) is 36.5 Å². The van der Waals surface area contributed by atoms with Crippen LogP contribution >= 0.6 is 0 Å². The lowest BCUT2D eigenvalue weighted by Gasteiger charge is -2.14. The van der Waals surface area contributed by atoms with Crippen LogP contribution in [0.15, 0.2) is 102 Å². The first-order valence-corrected chi connectivity index (χ1v) is 10.6. The molecule has 0 aliphatic rings. The van der Waals surface area contributed by atoms with Crippen molar-refractivity contribution in [1.82, 2.24) is 19.7 Å². The van der Waals surface area contributed by atoms with Crippen LogP contribution in [-0.2, 0) is 11.3 Å². The van der Waals surface area contributed by atoms with Gasteiger partial charge in [-0.25, -0.2) is 4.68 Å². The molecular formula is C27H22N4O2. The van der Waals surface area contributed by atoms with Gasteiger partial charge in [-0.2, -0.15) is 5.10 Å². The van der Waals surface area contributed by atoms with E-state index in [9.17, 15) is 4.79 Å². The summed E-state index contributed by atoms with van der Waals surface area (Å²) in [7, 11) is 1.76. The number of carbonyl (C=O) groups is 1. The van der Waals surface area contributed by atoms with Crippen LogP contribution in [0, 0.1) is 0 Å². The molecule has 33 heavy (non-hydrogen) atoms. The zero-order chi connectivity index (χ0) is 22.6. The van der Waals surface area contributed by atoms with E-state index in [0.29, 0.717) is 18.0 Å². The van der Waals surface area contributed by atoms with E-state index in [0.717, 1.165) is 27.9 Å². The molecule has 162 valence electrons. The number of fused-ring (bicyclic) bond motifs is 1. The van der Waals surface area contributed by atoms with Gasteiger partial charge in [-0.05, 0) is 42.5 Å². The maximum Gasteiger partial charge on any atom is 0.246 e. The number of para-hydroxylation sites is 2. The summed E-state index contributed by atoms with van der Waals surface area (Å²) >= 11 is 0. The molecule has 1 amide bonds. The molecule has 6 heteroatoms. The highest BCUT2D eigenvalue weighted by Crippen LogP contribution is 2.30. The number of rotatable bonds is 6. The van der Waals surface area contributed by atoms with Crippen molar-refractivity contribution in [3.8, 4) is 17.1 Å². The summed E-state index contributed by atoms with van der Waals surface area (Å²) in [6.45, 7) is 0.434. The summed E-state index contributed by atoms with van der Waals surface area (Å²) in [6, 6.07) is 25.3. The van der Waals surface area contributed by atoms with Crippen molar-refractivity contribution in [2.45, 2.75) is 6.54 Å². The largest absolute Gasteiger partial charge is 0.454 e. The van der Waals surface area contributed by atoms with Crippen molar-refractivity contribution in [2.75, 3.05) is 7.05 Å². The lowest BCUT2D eigenvalue weighted by atomic mass is 10.1. The van der Waals surface area contributed by atoms with E-state index in [2.05, 4.69) is 4.98 Å². The van der Waals surface area contributed by atoms with Crippen molar-refractivity contribution >= 4 is 23.0 Å². The zero-order valence-corrected chi connectivity index (χ0v) is 18.1. The van der Waals surface area contributed by atoms with E-state index in [1.54, 1.807) is 35.0 Å². The highest BCUT2D eigenvalue weighted by atomic mass is 16.3. The number of benzene rings is 2. The number of nitrogens with zero attached hydrogens (tertiary/aromatic N) is 4. The zero-order valence-electron chi connectivity index (χ0n) is 18.1. The third kappa shape index (κ3) is 4.45. The number of aromatic nitrogens is 3. The molecule has 0 radical (unpaired) electrons. The molecule has 0 saturated heterocycles. The van der Waals surface area contributed by atoms with Crippen molar-refractivity contribution in [2.24, 2.45) is 0 Å². The van der Waals surface area contributed by atoms with Crippen LogP contribution in [0.5, 0.6) is 0 Å². The van der Waals surface area contributed by atoms with Gasteiger partial charge in [0.15, 0.2) is 5.76 Å². The van der Waals surface area contributed by atoms with Crippen LogP contribution in [0.2, 0.25) is 0 Å². The Labute approximate surface area is 191 Å². The number of likely N-dealkylation sites (N-methyl/N-ethyl adjacent to an activating group) is 1. The van der Waals surface area contributed by atoms with Gasteiger partial charge in [-0.3, -0.25) is 9.78 Å². The third-order valence-electron chi connectivity index (χ3n) is 5.33.